The average molecular weight is 278 g/mol. The Labute approximate surface area is 121 Å². The van der Waals surface area contributed by atoms with Crippen molar-refractivity contribution in [2.45, 2.75) is 6.54 Å². The number of pyridine rings is 1. The summed E-state index contributed by atoms with van der Waals surface area (Å²) < 4.78 is 14.8. The molecule has 0 amide bonds. The Morgan fingerprint density at radius 1 is 1.05 bits per heavy atom. The lowest BCUT2D eigenvalue weighted by atomic mass is 10.2. The Morgan fingerprint density at radius 3 is 2.43 bits per heavy atom. The molecule has 102 valence electrons. The van der Waals surface area contributed by atoms with E-state index in [1.807, 2.05) is 16.7 Å². The highest BCUT2D eigenvalue weighted by Gasteiger charge is 2.13. The zero-order valence-electron chi connectivity index (χ0n) is 11.1. The van der Waals surface area contributed by atoms with Gasteiger partial charge in [0.2, 0.25) is 0 Å². The maximum atomic E-state index is 13.0. The third-order valence-corrected chi connectivity index (χ3v) is 3.16. The van der Waals surface area contributed by atoms with Gasteiger partial charge in [-0.15, -0.1) is 0 Å². The fraction of sp³-hybridized carbons (Fsp3) is 0.0625. The molecule has 0 aliphatic rings. The van der Waals surface area contributed by atoms with Crippen LogP contribution in [-0.2, 0) is 6.54 Å². The minimum atomic E-state index is -0.300. The molecule has 0 saturated heterocycles. The Hall–Kier alpha value is -3.00. The zero-order chi connectivity index (χ0) is 14.7. The third-order valence-electron chi connectivity index (χ3n) is 3.16. The van der Waals surface area contributed by atoms with E-state index in [1.54, 1.807) is 30.7 Å². The van der Waals surface area contributed by atoms with Gasteiger partial charge in [-0.1, -0.05) is 0 Å². The van der Waals surface area contributed by atoms with E-state index in [9.17, 15) is 4.39 Å². The van der Waals surface area contributed by atoms with Crippen molar-refractivity contribution in [1.82, 2.24) is 14.5 Å². The quantitative estimate of drug-likeness (QED) is 0.738. The van der Waals surface area contributed by atoms with E-state index in [0.717, 1.165) is 16.8 Å². The smallest absolute Gasteiger partial charge is 0.141 e. The van der Waals surface area contributed by atoms with Crippen LogP contribution >= 0.6 is 0 Å². The van der Waals surface area contributed by atoms with E-state index in [1.165, 1.54) is 12.1 Å². The highest BCUT2D eigenvalue weighted by molar-refractivity contribution is 5.65. The number of nitriles is 1. The van der Waals surface area contributed by atoms with Crippen LogP contribution in [0.2, 0.25) is 0 Å². The first kappa shape index (κ1) is 13.0. The van der Waals surface area contributed by atoms with Gasteiger partial charge >= 0.3 is 0 Å². The molecule has 21 heavy (non-hydrogen) atoms. The first-order chi connectivity index (χ1) is 10.3. The average Bonchev–Trinajstić information content (AvgIpc) is 2.93. The first-order valence-electron chi connectivity index (χ1n) is 6.38. The van der Waals surface area contributed by atoms with Crippen molar-refractivity contribution in [2.24, 2.45) is 0 Å². The fourth-order valence-electron chi connectivity index (χ4n) is 2.19. The molecule has 0 bridgehead atoms. The number of halogens is 1. The molecule has 3 rings (SSSR count). The molecule has 1 aromatic carbocycles. The molecule has 4 nitrogen and oxygen atoms in total. The summed E-state index contributed by atoms with van der Waals surface area (Å²) in [5.74, 6) is 0.342. The molecule has 0 saturated carbocycles. The van der Waals surface area contributed by atoms with Crippen molar-refractivity contribution in [3.63, 3.8) is 0 Å². The number of hydrogen-bond donors (Lipinski definition) is 0. The van der Waals surface area contributed by atoms with Crippen molar-refractivity contribution in [3.8, 4) is 28.7 Å². The van der Waals surface area contributed by atoms with Gasteiger partial charge in [0.25, 0.3) is 0 Å². The van der Waals surface area contributed by atoms with Crippen molar-refractivity contribution < 1.29 is 4.39 Å². The van der Waals surface area contributed by atoms with Crippen molar-refractivity contribution in [1.29, 1.82) is 5.26 Å². The Balaban J connectivity index is 2.13. The summed E-state index contributed by atoms with van der Waals surface area (Å²) in [6.07, 6.45) is 5.10. The van der Waals surface area contributed by atoms with Gasteiger partial charge in [-0.25, -0.2) is 9.37 Å². The minimum Gasteiger partial charge on any atom is -0.310 e. The molecule has 2 heterocycles. The van der Waals surface area contributed by atoms with Gasteiger partial charge in [0.05, 0.1) is 18.0 Å². The molecule has 0 atom stereocenters. The van der Waals surface area contributed by atoms with E-state index in [-0.39, 0.29) is 12.4 Å². The van der Waals surface area contributed by atoms with Gasteiger partial charge < -0.3 is 4.57 Å². The van der Waals surface area contributed by atoms with E-state index < -0.39 is 0 Å². The molecule has 0 aliphatic carbocycles. The van der Waals surface area contributed by atoms with Gasteiger partial charge in [-0.05, 0) is 36.4 Å². The summed E-state index contributed by atoms with van der Waals surface area (Å²) in [7, 11) is 0. The van der Waals surface area contributed by atoms with Crippen molar-refractivity contribution in [3.05, 3.63) is 60.8 Å². The van der Waals surface area contributed by atoms with Crippen LogP contribution in [0, 0.1) is 17.1 Å². The number of rotatable bonds is 3. The van der Waals surface area contributed by atoms with E-state index in [2.05, 4.69) is 16.0 Å². The fourth-order valence-corrected chi connectivity index (χ4v) is 2.19. The van der Waals surface area contributed by atoms with Gasteiger partial charge in [-0.3, -0.25) is 4.98 Å². The molecule has 0 aliphatic heterocycles. The lowest BCUT2D eigenvalue weighted by Crippen LogP contribution is -2.01. The number of hydrogen-bond acceptors (Lipinski definition) is 3. The van der Waals surface area contributed by atoms with Crippen LogP contribution in [0.15, 0.2) is 55.0 Å². The van der Waals surface area contributed by atoms with Crippen LogP contribution < -0.4 is 0 Å². The normalized spacial score (nSPS) is 10.3. The predicted molar refractivity (Wildman–Crippen MR) is 76.5 cm³/mol. The maximum Gasteiger partial charge on any atom is 0.141 e. The van der Waals surface area contributed by atoms with Gasteiger partial charge in [-0.2, -0.15) is 5.26 Å². The molecular formula is C16H11FN4. The molecule has 0 fully saturated rings. The number of imidazole rings is 1. The van der Waals surface area contributed by atoms with Gasteiger partial charge in [0, 0.05) is 23.5 Å². The van der Waals surface area contributed by atoms with Gasteiger partial charge in [0.15, 0.2) is 0 Å². The number of benzene rings is 1. The lowest BCUT2D eigenvalue weighted by molar-refractivity contribution is 0.628. The second-order valence-electron chi connectivity index (χ2n) is 4.45. The Kier molecular flexibility index (Phi) is 3.44. The highest BCUT2D eigenvalue weighted by Crippen LogP contribution is 2.26. The molecule has 0 unspecified atom stereocenters. The summed E-state index contributed by atoms with van der Waals surface area (Å²) in [6, 6.07) is 11.9. The highest BCUT2D eigenvalue weighted by atomic mass is 19.1. The topological polar surface area (TPSA) is 54.5 Å². The monoisotopic (exact) mass is 278 g/mol. The summed E-state index contributed by atoms with van der Waals surface area (Å²) in [5.41, 5.74) is 2.53. The molecule has 3 aromatic rings. The largest absolute Gasteiger partial charge is 0.310 e. The van der Waals surface area contributed by atoms with E-state index in [4.69, 9.17) is 5.26 Å². The zero-order valence-corrected chi connectivity index (χ0v) is 11.1. The maximum absolute atomic E-state index is 13.0. The second kappa shape index (κ2) is 5.55. The summed E-state index contributed by atoms with van der Waals surface area (Å²) in [6.45, 7) is 0.171. The number of nitrogens with zero attached hydrogens (tertiary/aromatic N) is 4. The van der Waals surface area contributed by atoms with E-state index >= 15 is 0 Å². The molecule has 2 aromatic heterocycles. The SMILES string of the molecule is N#CCn1c(-c2ccncc2)cnc1-c1ccc(F)cc1. The van der Waals surface area contributed by atoms with Crippen LogP contribution in [0.5, 0.6) is 0 Å². The van der Waals surface area contributed by atoms with E-state index in [0.29, 0.717) is 5.82 Å². The van der Waals surface area contributed by atoms with Crippen molar-refractivity contribution in [2.75, 3.05) is 0 Å². The minimum absolute atomic E-state index is 0.171. The number of aromatic nitrogens is 3. The van der Waals surface area contributed by atoms with Gasteiger partial charge in [0.1, 0.15) is 18.2 Å². The molecular weight excluding hydrogens is 267 g/mol. The summed E-state index contributed by atoms with van der Waals surface area (Å²) in [4.78, 5) is 8.36. The Bertz CT molecular complexity index is 785. The summed E-state index contributed by atoms with van der Waals surface area (Å²) in [5, 5.41) is 9.05. The van der Waals surface area contributed by atoms with Crippen LogP contribution in [0.4, 0.5) is 4.39 Å². The van der Waals surface area contributed by atoms with Crippen LogP contribution in [0.1, 0.15) is 0 Å². The summed E-state index contributed by atoms with van der Waals surface area (Å²) >= 11 is 0. The lowest BCUT2D eigenvalue weighted by Gasteiger charge is -2.08. The Morgan fingerprint density at radius 2 is 1.76 bits per heavy atom. The van der Waals surface area contributed by atoms with Crippen LogP contribution in [0.25, 0.3) is 22.6 Å². The molecule has 0 spiro atoms. The standard InChI is InChI=1S/C16H11FN4/c17-14-3-1-13(2-4-14)16-20-11-15(21(16)10-7-18)12-5-8-19-9-6-12/h1-6,8-9,11H,10H2. The second-order valence-corrected chi connectivity index (χ2v) is 4.45. The van der Waals surface area contributed by atoms with Crippen molar-refractivity contribution >= 4 is 0 Å². The molecule has 5 heteroatoms. The molecule has 0 N–H and O–H groups in total. The predicted octanol–water partition coefficient (Wildman–Crippen LogP) is 3.27. The third kappa shape index (κ3) is 2.51. The first-order valence-corrected chi connectivity index (χ1v) is 6.38. The molecule has 0 radical (unpaired) electrons. The van der Waals surface area contributed by atoms with Crippen LogP contribution in [0.3, 0.4) is 0 Å². The van der Waals surface area contributed by atoms with Crippen LogP contribution in [-0.4, -0.2) is 14.5 Å².